The summed E-state index contributed by atoms with van der Waals surface area (Å²) in [6.07, 6.45) is 1.36. The first-order chi connectivity index (χ1) is 17.0. The lowest BCUT2D eigenvalue weighted by molar-refractivity contribution is -0.122. The van der Waals surface area contributed by atoms with Gasteiger partial charge in [-0.15, -0.1) is 0 Å². The Morgan fingerprint density at radius 3 is 2.47 bits per heavy atom. The van der Waals surface area contributed by atoms with Crippen LogP contribution in [0.1, 0.15) is 25.8 Å². The van der Waals surface area contributed by atoms with Gasteiger partial charge in [0.1, 0.15) is 17.5 Å². The van der Waals surface area contributed by atoms with Crippen molar-refractivity contribution in [3.8, 4) is 11.1 Å². The minimum atomic E-state index is -1.25. The van der Waals surface area contributed by atoms with Crippen LogP contribution in [0.25, 0.3) is 11.1 Å². The molecule has 1 aromatic heterocycles. The number of hydrogen-bond acceptors (Lipinski definition) is 5. The van der Waals surface area contributed by atoms with Crippen LogP contribution in [0.4, 0.5) is 20.3 Å². The van der Waals surface area contributed by atoms with Gasteiger partial charge in [0, 0.05) is 35.8 Å². The molecule has 2 atom stereocenters. The summed E-state index contributed by atoms with van der Waals surface area (Å²) in [7, 11) is 1.58. The highest BCUT2D eigenvalue weighted by molar-refractivity contribution is 6.33. The molecular formula is C27H28ClF2N3O3. The van der Waals surface area contributed by atoms with Crippen molar-refractivity contribution in [3.05, 3.63) is 76.9 Å². The molecule has 190 valence electrons. The van der Waals surface area contributed by atoms with Crippen molar-refractivity contribution >= 4 is 29.0 Å². The molecule has 0 spiro atoms. The molecule has 1 aliphatic rings. The van der Waals surface area contributed by atoms with Crippen molar-refractivity contribution in [2.75, 3.05) is 30.0 Å². The minimum absolute atomic E-state index is 0.140. The molecule has 36 heavy (non-hydrogen) atoms. The summed E-state index contributed by atoms with van der Waals surface area (Å²) in [5, 5.41) is 20.4. The van der Waals surface area contributed by atoms with Gasteiger partial charge in [0.25, 0.3) is 0 Å². The molecular weight excluding hydrogens is 488 g/mol. The number of nitrogens with zero attached hydrogens (tertiary/aromatic N) is 3. The van der Waals surface area contributed by atoms with Crippen LogP contribution in [-0.2, 0) is 10.2 Å². The summed E-state index contributed by atoms with van der Waals surface area (Å²) >= 11 is 6.53. The number of benzene rings is 2. The second-order valence-corrected chi connectivity index (χ2v) is 9.97. The summed E-state index contributed by atoms with van der Waals surface area (Å²) in [6, 6.07) is 11.7. The van der Waals surface area contributed by atoms with E-state index in [-0.39, 0.29) is 18.2 Å². The number of β-amino-alcohol motifs (C(OH)–C–C–N with tert-alkyl or cyclic N) is 1. The van der Waals surface area contributed by atoms with Crippen LogP contribution < -0.4 is 9.80 Å². The van der Waals surface area contributed by atoms with Crippen molar-refractivity contribution in [2.24, 2.45) is 0 Å². The lowest BCUT2D eigenvalue weighted by Crippen LogP contribution is -2.42. The van der Waals surface area contributed by atoms with E-state index in [1.54, 1.807) is 39.1 Å². The minimum Gasteiger partial charge on any atom is -0.394 e. The maximum atomic E-state index is 13.9. The molecule has 0 saturated carbocycles. The Morgan fingerprint density at radius 2 is 1.83 bits per heavy atom. The van der Waals surface area contributed by atoms with Gasteiger partial charge >= 0.3 is 0 Å². The first kappa shape index (κ1) is 26.0. The molecule has 1 aliphatic heterocycles. The predicted octanol–water partition coefficient (Wildman–Crippen LogP) is 4.55. The van der Waals surface area contributed by atoms with E-state index in [0.29, 0.717) is 40.6 Å². The van der Waals surface area contributed by atoms with E-state index < -0.39 is 29.1 Å². The van der Waals surface area contributed by atoms with Crippen LogP contribution in [0.5, 0.6) is 0 Å². The van der Waals surface area contributed by atoms with Gasteiger partial charge in [0.05, 0.1) is 36.1 Å². The third-order valence-corrected chi connectivity index (χ3v) is 7.04. The summed E-state index contributed by atoms with van der Waals surface area (Å²) < 4.78 is 27.9. The van der Waals surface area contributed by atoms with Crippen molar-refractivity contribution in [1.29, 1.82) is 0 Å². The quantitative estimate of drug-likeness (QED) is 0.503. The third-order valence-electron chi connectivity index (χ3n) is 6.71. The Balaban J connectivity index is 1.79. The highest BCUT2D eigenvalue weighted by Gasteiger charge is 2.36. The number of amides is 1. The molecule has 2 N–H and O–H groups in total. The van der Waals surface area contributed by atoms with Crippen LogP contribution in [0.3, 0.4) is 0 Å². The molecule has 4 rings (SSSR count). The number of aliphatic hydroxyl groups excluding tert-OH is 2. The van der Waals surface area contributed by atoms with Gasteiger partial charge in [-0.1, -0.05) is 29.8 Å². The van der Waals surface area contributed by atoms with Gasteiger partial charge in [-0.05, 0) is 50.1 Å². The number of pyridine rings is 1. The number of anilines is 2. The first-order valence-corrected chi connectivity index (χ1v) is 12.0. The van der Waals surface area contributed by atoms with Crippen LogP contribution in [0.15, 0.2) is 54.7 Å². The highest BCUT2D eigenvalue weighted by Crippen LogP contribution is 2.39. The Morgan fingerprint density at radius 1 is 1.17 bits per heavy atom. The van der Waals surface area contributed by atoms with Crippen molar-refractivity contribution in [2.45, 2.75) is 37.8 Å². The van der Waals surface area contributed by atoms with Gasteiger partial charge in [-0.25, -0.2) is 13.8 Å². The maximum absolute atomic E-state index is 13.9. The second-order valence-electron chi connectivity index (χ2n) is 9.57. The monoisotopic (exact) mass is 515 g/mol. The molecule has 1 saturated heterocycles. The zero-order valence-corrected chi connectivity index (χ0v) is 21.0. The molecule has 2 unspecified atom stereocenters. The summed E-state index contributed by atoms with van der Waals surface area (Å²) in [5.74, 6) is -1.40. The normalized spacial score (nSPS) is 17.9. The van der Waals surface area contributed by atoms with Crippen LogP contribution in [0.2, 0.25) is 5.02 Å². The average molecular weight is 516 g/mol. The molecule has 1 fully saturated rings. The molecule has 2 aromatic carbocycles. The Hall–Kier alpha value is -3.07. The van der Waals surface area contributed by atoms with Gasteiger partial charge in [-0.3, -0.25) is 4.79 Å². The van der Waals surface area contributed by atoms with E-state index in [9.17, 15) is 23.8 Å². The molecule has 3 aromatic rings. The number of rotatable bonds is 6. The van der Waals surface area contributed by atoms with E-state index in [0.717, 1.165) is 18.2 Å². The van der Waals surface area contributed by atoms with E-state index in [2.05, 4.69) is 4.98 Å². The van der Waals surface area contributed by atoms with Crippen LogP contribution in [-0.4, -0.2) is 53.4 Å². The van der Waals surface area contributed by atoms with Gasteiger partial charge in [-0.2, -0.15) is 0 Å². The molecule has 0 radical (unpaired) electrons. The van der Waals surface area contributed by atoms with E-state index in [4.69, 9.17) is 11.6 Å². The van der Waals surface area contributed by atoms with E-state index >= 15 is 0 Å². The largest absolute Gasteiger partial charge is 0.394 e. The molecule has 0 aliphatic carbocycles. The third kappa shape index (κ3) is 4.93. The van der Waals surface area contributed by atoms with E-state index in [1.165, 1.54) is 11.1 Å². The van der Waals surface area contributed by atoms with Gasteiger partial charge < -0.3 is 20.0 Å². The average Bonchev–Trinajstić information content (AvgIpc) is 3.23. The maximum Gasteiger partial charge on any atom is 0.236 e. The number of carbonyl (C=O) groups excluding carboxylic acids is 1. The smallest absolute Gasteiger partial charge is 0.236 e. The topological polar surface area (TPSA) is 76.9 Å². The van der Waals surface area contributed by atoms with Crippen molar-refractivity contribution in [3.63, 3.8) is 0 Å². The fourth-order valence-electron chi connectivity index (χ4n) is 4.67. The summed E-state index contributed by atoms with van der Waals surface area (Å²) in [5.41, 5.74) is 0.669. The first-order valence-electron chi connectivity index (χ1n) is 11.6. The Bertz CT molecular complexity index is 1270. The van der Waals surface area contributed by atoms with Gasteiger partial charge in [0.2, 0.25) is 5.91 Å². The Kier molecular flexibility index (Phi) is 7.31. The standard InChI is InChI=1S/C27H28ClF2N3O3/c1-27(2,16-8-17(29)10-18(30)9-16)26(36)32(3)24-13-31-25(33-14-20(35)11-19(33)15-34)12-22(24)21-6-4-5-7-23(21)28/h4-10,12-13,19-20,34-35H,11,14-15H2,1-3H3. The van der Waals surface area contributed by atoms with Crippen molar-refractivity contribution < 1.29 is 23.8 Å². The summed E-state index contributed by atoms with van der Waals surface area (Å²) in [4.78, 5) is 21.5. The fraction of sp³-hybridized carbons (Fsp3) is 0.333. The van der Waals surface area contributed by atoms with Crippen molar-refractivity contribution in [1.82, 2.24) is 4.98 Å². The van der Waals surface area contributed by atoms with E-state index in [1.807, 2.05) is 17.0 Å². The number of carbonyl (C=O) groups is 1. The van der Waals surface area contributed by atoms with Crippen LogP contribution in [0, 0.1) is 11.6 Å². The Labute approximate surface area is 213 Å². The zero-order chi connectivity index (χ0) is 26.2. The van der Waals surface area contributed by atoms with Gasteiger partial charge in [0.15, 0.2) is 0 Å². The predicted molar refractivity (Wildman–Crippen MR) is 136 cm³/mol. The highest BCUT2D eigenvalue weighted by atomic mass is 35.5. The zero-order valence-electron chi connectivity index (χ0n) is 20.3. The number of likely N-dealkylation sites (N-methyl/N-ethyl adjacent to an activating group) is 1. The number of aliphatic hydroxyl groups is 2. The number of aromatic nitrogens is 1. The lowest BCUT2D eigenvalue weighted by Gasteiger charge is -2.32. The SMILES string of the molecule is CN(C(=O)C(C)(C)c1cc(F)cc(F)c1)c1cnc(N2CC(O)CC2CO)cc1-c1ccccc1Cl. The molecule has 9 heteroatoms. The molecule has 0 bridgehead atoms. The summed E-state index contributed by atoms with van der Waals surface area (Å²) in [6.45, 7) is 3.38. The fourth-order valence-corrected chi connectivity index (χ4v) is 4.91. The second kappa shape index (κ2) is 10.1. The molecule has 1 amide bonds. The van der Waals surface area contributed by atoms with Crippen LogP contribution >= 0.6 is 11.6 Å². The molecule has 2 heterocycles. The molecule has 6 nitrogen and oxygen atoms in total. The number of halogens is 3. The lowest BCUT2D eigenvalue weighted by atomic mass is 9.83. The number of hydrogen-bond donors (Lipinski definition) is 2.